The summed E-state index contributed by atoms with van der Waals surface area (Å²) in [4.78, 5) is 10.9. The van der Waals surface area contributed by atoms with Crippen molar-refractivity contribution in [3.05, 3.63) is 0 Å². The third-order valence-electron chi connectivity index (χ3n) is 2.23. The molecule has 1 aliphatic rings. The third kappa shape index (κ3) is 1.78. The van der Waals surface area contributed by atoms with E-state index >= 15 is 0 Å². The van der Waals surface area contributed by atoms with Gasteiger partial charge in [0.1, 0.15) is 5.54 Å². The monoisotopic (exact) mass is 171 g/mol. The minimum absolute atomic E-state index is 0.112. The van der Waals surface area contributed by atoms with Crippen LogP contribution in [-0.2, 0) is 4.79 Å². The van der Waals surface area contributed by atoms with Crippen molar-refractivity contribution < 1.29 is 9.90 Å². The van der Waals surface area contributed by atoms with Crippen molar-refractivity contribution >= 4 is 5.97 Å². The summed E-state index contributed by atoms with van der Waals surface area (Å²) >= 11 is 0. The predicted octanol–water partition coefficient (Wildman–Crippen LogP) is 1.38. The van der Waals surface area contributed by atoms with E-state index < -0.39 is 11.5 Å². The first-order valence-electron chi connectivity index (χ1n) is 4.38. The van der Waals surface area contributed by atoms with Gasteiger partial charge in [0.25, 0.3) is 0 Å². The number of carbonyl (C=O) groups is 1. The van der Waals surface area contributed by atoms with Gasteiger partial charge < -0.3 is 5.11 Å². The molecular weight excluding hydrogens is 154 g/mol. The van der Waals surface area contributed by atoms with Gasteiger partial charge in [-0.1, -0.05) is 0 Å². The van der Waals surface area contributed by atoms with Crippen molar-refractivity contribution in [1.82, 2.24) is 5.32 Å². The van der Waals surface area contributed by atoms with E-state index in [0.717, 1.165) is 19.3 Å². The Bertz CT molecular complexity index is 189. The highest BCUT2D eigenvalue weighted by Crippen LogP contribution is 2.33. The molecule has 12 heavy (non-hydrogen) atoms. The highest BCUT2D eigenvalue weighted by atomic mass is 16.4. The number of carboxylic acids is 1. The molecule has 2 N–H and O–H groups in total. The lowest BCUT2D eigenvalue weighted by atomic mass is 9.75. The van der Waals surface area contributed by atoms with E-state index in [9.17, 15) is 4.79 Å². The molecule has 0 heterocycles. The molecule has 0 aromatic heterocycles. The second-order valence-electron chi connectivity index (χ2n) is 4.62. The van der Waals surface area contributed by atoms with Crippen molar-refractivity contribution in [2.45, 2.75) is 51.1 Å². The second kappa shape index (κ2) is 2.73. The minimum Gasteiger partial charge on any atom is -0.480 e. The molecule has 3 nitrogen and oxygen atoms in total. The first kappa shape index (κ1) is 9.52. The van der Waals surface area contributed by atoms with Crippen LogP contribution in [0.2, 0.25) is 0 Å². The van der Waals surface area contributed by atoms with Gasteiger partial charge in [0, 0.05) is 5.54 Å². The zero-order valence-electron chi connectivity index (χ0n) is 7.98. The van der Waals surface area contributed by atoms with Crippen LogP contribution in [0, 0.1) is 0 Å². The summed E-state index contributed by atoms with van der Waals surface area (Å²) < 4.78 is 0. The van der Waals surface area contributed by atoms with Gasteiger partial charge >= 0.3 is 5.97 Å². The molecule has 0 aliphatic heterocycles. The lowest BCUT2D eigenvalue weighted by Crippen LogP contribution is -2.62. The lowest BCUT2D eigenvalue weighted by molar-refractivity contribution is -0.150. The maximum absolute atomic E-state index is 10.9. The molecule has 0 spiro atoms. The normalized spacial score (nSPS) is 21.6. The maximum atomic E-state index is 10.9. The summed E-state index contributed by atoms with van der Waals surface area (Å²) in [5, 5.41) is 12.2. The number of hydrogen-bond donors (Lipinski definition) is 2. The highest BCUT2D eigenvalue weighted by Gasteiger charge is 2.46. The lowest BCUT2D eigenvalue weighted by Gasteiger charge is -2.43. The van der Waals surface area contributed by atoms with Crippen molar-refractivity contribution in [3.8, 4) is 0 Å². The van der Waals surface area contributed by atoms with Crippen LogP contribution < -0.4 is 5.32 Å². The molecule has 0 aromatic carbocycles. The summed E-state index contributed by atoms with van der Waals surface area (Å²) in [6, 6.07) is 0. The number of nitrogens with one attached hydrogen (secondary N) is 1. The predicted molar refractivity (Wildman–Crippen MR) is 47.1 cm³/mol. The zero-order chi connectivity index (χ0) is 9.41. The van der Waals surface area contributed by atoms with Gasteiger partial charge in [0.2, 0.25) is 0 Å². The van der Waals surface area contributed by atoms with Gasteiger partial charge in [0.05, 0.1) is 0 Å². The van der Waals surface area contributed by atoms with E-state index in [0.29, 0.717) is 0 Å². The van der Waals surface area contributed by atoms with Crippen molar-refractivity contribution in [1.29, 1.82) is 0 Å². The average molecular weight is 171 g/mol. The first-order chi connectivity index (χ1) is 5.36. The Labute approximate surface area is 73.2 Å². The van der Waals surface area contributed by atoms with Crippen LogP contribution >= 0.6 is 0 Å². The molecule has 0 unspecified atom stereocenters. The summed E-state index contributed by atoms with van der Waals surface area (Å²) in [5.41, 5.74) is -0.739. The fourth-order valence-corrected chi connectivity index (χ4v) is 1.64. The summed E-state index contributed by atoms with van der Waals surface area (Å²) in [7, 11) is 0. The fraction of sp³-hybridized carbons (Fsp3) is 0.889. The molecule has 0 bridgehead atoms. The average Bonchev–Trinajstić information content (AvgIpc) is 1.75. The van der Waals surface area contributed by atoms with Crippen LogP contribution in [0.5, 0.6) is 0 Å². The van der Waals surface area contributed by atoms with Crippen molar-refractivity contribution in [3.63, 3.8) is 0 Å². The van der Waals surface area contributed by atoms with Gasteiger partial charge in [-0.25, -0.2) is 0 Å². The molecule has 1 saturated carbocycles. The van der Waals surface area contributed by atoms with Gasteiger partial charge in [-0.2, -0.15) is 0 Å². The standard InChI is InChI=1S/C9H17NO2/c1-8(2,3)10-9(7(11)12)5-4-6-9/h10H,4-6H2,1-3H3,(H,11,12). The SMILES string of the molecule is CC(C)(C)NC1(C(=O)O)CCC1. The van der Waals surface area contributed by atoms with Crippen molar-refractivity contribution in [2.24, 2.45) is 0 Å². The number of carboxylic acid groups (broad SMARTS) is 1. The third-order valence-corrected chi connectivity index (χ3v) is 2.23. The van der Waals surface area contributed by atoms with E-state index in [1.54, 1.807) is 0 Å². The fourth-order valence-electron chi connectivity index (χ4n) is 1.64. The molecule has 1 aliphatic carbocycles. The Morgan fingerprint density at radius 2 is 1.92 bits per heavy atom. The van der Waals surface area contributed by atoms with E-state index in [-0.39, 0.29) is 5.54 Å². The maximum Gasteiger partial charge on any atom is 0.323 e. The van der Waals surface area contributed by atoms with E-state index in [4.69, 9.17) is 5.11 Å². The largest absolute Gasteiger partial charge is 0.480 e. The van der Waals surface area contributed by atoms with E-state index in [1.165, 1.54) is 0 Å². The Kier molecular flexibility index (Phi) is 2.17. The summed E-state index contributed by atoms with van der Waals surface area (Å²) in [6.07, 6.45) is 2.55. The minimum atomic E-state index is -0.705. The molecule has 3 heteroatoms. The molecule has 70 valence electrons. The molecule has 0 aromatic rings. The summed E-state index contributed by atoms with van der Waals surface area (Å²) in [5.74, 6) is -0.705. The number of hydrogen-bond acceptors (Lipinski definition) is 2. The van der Waals surface area contributed by atoms with Crippen LogP contribution in [0.15, 0.2) is 0 Å². The molecule has 0 amide bonds. The van der Waals surface area contributed by atoms with E-state index in [1.807, 2.05) is 20.8 Å². The van der Waals surface area contributed by atoms with Crippen LogP contribution in [0.1, 0.15) is 40.0 Å². The Hall–Kier alpha value is -0.570. The van der Waals surface area contributed by atoms with Crippen LogP contribution in [0.4, 0.5) is 0 Å². The molecule has 0 saturated heterocycles. The van der Waals surface area contributed by atoms with Crippen LogP contribution in [0.25, 0.3) is 0 Å². The molecule has 0 radical (unpaired) electrons. The smallest absolute Gasteiger partial charge is 0.323 e. The Morgan fingerprint density at radius 1 is 1.42 bits per heavy atom. The van der Waals surface area contributed by atoms with Crippen LogP contribution in [0.3, 0.4) is 0 Å². The van der Waals surface area contributed by atoms with Gasteiger partial charge in [-0.3, -0.25) is 10.1 Å². The molecule has 1 fully saturated rings. The van der Waals surface area contributed by atoms with Crippen LogP contribution in [-0.4, -0.2) is 22.2 Å². The van der Waals surface area contributed by atoms with E-state index in [2.05, 4.69) is 5.32 Å². The Balaban J connectivity index is 2.63. The topological polar surface area (TPSA) is 49.3 Å². The zero-order valence-corrected chi connectivity index (χ0v) is 7.98. The van der Waals surface area contributed by atoms with Crippen molar-refractivity contribution in [2.75, 3.05) is 0 Å². The summed E-state index contributed by atoms with van der Waals surface area (Å²) in [6.45, 7) is 5.99. The quantitative estimate of drug-likeness (QED) is 0.660. The number of aliphatic carboxylic acids is 1. The number of rotatable bonds is 2. The first-order valence-corrected chi connectivity index (χ1v) is 4.38. The van der Waals surface area contributed by atoms with Gasteiger partial charge in [0.15, 0.2) is 0 Å². The molecular formula is C9H17NO2. The second-order valence-corrected chi connectivity index (χ2v) is 4.62. The van der Waals surface area contributed by atoms with Gasteiger partial charge in [-0.15, -0.1) is 0 Å². The molecule has 0 atom stereocenters. The highest BCUT2D eigenvalue weighted by molar-refractivity contribution is 5.80. The van der Waals surface area contributed by atoms with Gasteiger partial charge in [-0.05, 0) is 40.0 Å². The Morgan fingerprint density at radius 3 is 2.00 bits per heavy atom. The molecule has 1 rings (SSSR count).